The van der Waals surface area contributed by atoms with E-state index in [0.29, 0.717) is 15.7 Å². The fraction of sp³-hybridized carbons (Fsp3) is 0. The van der Waals surface area contributed by atoms with Crippen LogP contribution in [0.25, 0.3) is 0 Å². The second kappa shape index (κ2) is 3.85. The molecule has 1 aromatic carbocycles. The van der Waals surface area contributed by atoms with Gasteiger partial charge in [-0.2, -0.15) is 0 Å². The van der Waals surface area contributed by atoms with Crippen molar-refractivity contribution in [1.82, 2.24) is 0 Å². The summed E-state index contributed by atoms with van der Waals surface area (Å²) >= 11 is 15.9. The van der Waals surface area contributed by atoms with Crippen molar-refractivity contribution in [2.45, 2.75) is 0 Å². The quantitative estimate of drug-likeness (QED) is 0.298. The molecule has 0 saturated carbocycles. The Kier molecular flexibility index (Phi) is 3.55. The lowest BCUT2D eigenvalue weighted by Gasteiger charge is -2.04. The van der Waals surface area contributed by atoms with Gasteiger partial charge in [-0.25, -0.2) is 0 Å². The lowest BCUT2D eigenvalue weighted by Crippen LogP contribution is -1.92. The Morgan fingerprint density at radius 1 is 1.09 bits per heavy atom. The van der Waals surface area contributed by atoms with Crippen LogP contribution in [0.3, 0.4) is 0 Å². The molecule has 0 aliphatic heterocycles. The molecule has 0 spiro atoms. The van der Waals surface area contributed by atoms with E-state index in [1.54, 1.807) is 0 Å². The number of hydrogen-bond acceptors (Lipinski definition) is 1. The molecule has 0 atom stereocenters. The van der Waals surface area contributed by atoms with E-state index in [9.17, 15) is 0 Å². The third-order valence-corrected chi connectivity index (χ3v) is 4.09. The van der Waals surface area contributed by atoms with Crippen molar-refractivity contribution in [3.63, 3.8) is 0 Å². The van der Waals surface area contributed by atoms with E-state index in [1.165, 1.54) is 0 Å². The van der Waals surface area contributed by atoms with Crippen LogP contribution in [0, 0.1) is 7.14 Å². The van der Waals surface area contributed by atoms with Crippen molar-refractivity contribution in [1.29, 1.82) is 0 Å². The van der Waals surface area contributed by atoms with E-state index in [-0.39, 0.29) is 0 Å². The minimum atomic E-state index is 0.447. The van der Waals surface area contributed by atoms with E-state index < -0.39 is 0 Å². The normalized spacial score (nSPS) is 10.2. The third kappa shape index (κ3) is 2.05. The summed E-state index contributed by atoms with van der Waals surface area (Å²) in [4.78, 5) is 0. The van der Waals surface area contributed by atoms with Gasteiger partial charge in [-0.15, -0.1) is 0 Å². The Balaban J connectivity index is 3.46. The SMILES string of the molecule is Nc1c(I)cc(I)c(Cl)c1Cl. The standard InChI is InChI=1S/C6H3Cl2I2N/c7-4-2(9)1-3(10)6(11)5(4)8/h1H,11H2. The Bertz CT molecular complexity index is 275. The van der Waals surface area contributed by atoms with Gasteiger partial charge in [-0.1, -0.05) is 23.2 Å². The zero-order chi connectivity index (χ0) is 8.59. The fourth-order valence-corrected chi connectivity index (χ4v) is 3.02. The second-order valence-electron chi connectivity index (χ2n) is 1.88. The van der Waals surface area contributed by atoms with Gasteiger partial charge >= 0.3 is 0 Å². The van der Waals surface area contributed by atoms with Crippen LogP contribution in [0.2, 0.25) is 10.0 Å². The van der Waals surface area contributed by atoms with Gasteiger partial charge in [0.15, 0.2) is 0 Å². The molecule has 1 rings (SSSR count). The summed E-state index contributed by atoms with van der Waals surface area (Å²) in [6.45, 7) is 0. The van der Waals surface area contributed by atoms with Gasteiger partial charge in [-0.3, -0.25) is 0 Å². The number of nitrogens with two attached hydrogens (primary N) is 1. The number of benzene rings is 1. The lowest BCUT2D eigenvalue weighted by molar-refractivity contribution is 1.58. The van der Waals surface area contributed by atoms with Gasteiger partial charge in [0.1, 0.15) is 0 Å². The molecule has 0 radical (unpaired) electrons. The van der Waals surface area contributed by atoms with E-state index >= 15 is 0 Å². The van der Waals surface area contributed by atoms with Crippen LogP contribution < -0.4 is 5.73 Å². The highest BCUT2D eigenvalue weighted by Gasteiger charge is 2.09. The highest BCUT2D eigenvalue weighted by atomic mass is 127. The van der Waals surface area contributed by atoms with E-state index in [4.69, 9.17) is 28.9 Å². The summed E-state index contributed by atoms with van der Waals surface area (Å²) in [5.74, 6) is 0. The summed E-state index contributed by atoms with van der Waals surface area (Å²) < 4.78 is 1.86. The molecule has 5 heteroatoms. The summed E-state index contributed by atoms with van der Waals surface area (Å²) in [5, 5.41) is 0.980. The highest BCUT2D eigenvalue weighted by molar-refractivity contribution is 14.1. The van der Waals surface area contributed by atoms with Gasteiger partial charge < -0.3 is 5.73 Å². The highest BCUT2D eigenvalue weighted by Crippen LogP contribution is 2.35. The summed E-state index contributed by atoms with van der Waals surface area (Å²) in [7, 11) is 0. The maximum atomic E-state index is 5.83. The predicted octanol–water partition coefficient (Wildman–Crippen LogP) is 3.78. The third-order valence-electron chi connectivity index (χ3n) is 1.15. The number of nitrogen functional groups attached to an aromatic ring is 1. The second-order valence-corrected chi connectivity index (χ2v) is 4.96. The molecule has 0 amide bonds. The van der Waals surface area contributed by atoms with Crippen LogP contribution in [-0.4, -0.2) is 0 Å². The number of anilines is 1. The number of hydrogen-bond donors (Lipinski definition) is 1. The largest absolute Gasteiger partial charge is 0.397 e. The van der Waals surface area contributed by atoms with Gasteiger partial charge in [-0.05, 0) is 51.2 Å². The average Bonchev–Trinajstić information content (AvgIpc) is 1.97. The maximum Gasteiger partial charge on any atom is 0.0843 e. The van der Waals surface area contributed by atoms with Crippen LogP contribution in [-0.2, 0) is 0 Å². The lowest BCUT2D eigenvalue weighted by atomic mass is 10.3. The van der Waals surface area contributed by atoms with E-state index in [1.807, 2.05) is 6.07 Å². The van der Waals surface area contributed by atoms with Crippen molar-refractivity contribution < 1.29 is 0 Å². The first-order chi connectivity index (χ1) is 5.04. The van der Waals surface area contributed by atoms with Crippen molar-refractivity contribution in [3.05, 3.63) is 23.3 Å². The molecule has 0 aliphatic rings. The Morgan fingerprint density at radius 3 is 2.18 bits per heavy atom. The van der Waals surface area contributed by atoms with Crippen LogP contribution in [0.5, 0.6) is 0 Å². The molecule has 0 fully saturated rings. The smallest absolute Gasteiger partial charge is 0.0843 e. The molecule has 0 heterocycles. The predicted molar refractivity (Wildman–Crippen MR) is 66.3 cm³/mol. The number of halogens is 4. The summed E-state index contributed by atoms with van der Waals surface area (Å²) in [6, 6.07) is 1.89. The first-order valence-corrected chi connectivity index (χ1v) is 5.54. The monoisotopic (exact) mass is 413 g/mol. The summed E-state index contributed by atoms with van der Waals surface area (Å²) in [6.07, 6.45) is 0. The number of rotatable bonds is 0. The molecule has 2 N–H and O–H groups in total. The molecular formula is C6H3Cl2I2N. The first kappa shape index (κ1) is 10.1. The minimum absolute atomic E-state index is 0.447. The van der Waals surface area contributed by atoms with Gasteiger partial charge in [0, 0.05) is 7.14 Å². The fourth-order valence-electron chi connectivity index (χ4n) is 0.580. The molecule has 1 aromatic rings. The molecule has 0 unspecified atom stereocenters. The van der Waals surface area contributed by atoms with E-state index in [0.717, 1.165) is 7.14 Å². The molecule has 0 aliphatic carbocycles. The Hall–Kier alpha value is 1.06. The van der Waals surface area contributed by atoms with Gasteiger partial charge in [0.2, 0.25) is 0 Å². The molecule has 0 bridgehead atoms. The molecule has 60 valence electrons. The van der Waals surface area contributed by atoms with E-state index in [2.05, 4.69) is 45.2 Å². The van der Waals surface area contributed by atoms with Crippen LogP contribution in [0.15, 0.2) is 6.07 Å². The van der Waals surface area contributed by atoms with Gasteiger partial charge in [0.05, 0.1) is 15.7 Å². The van der Waals surface area contributed by atoms with Crippen LogP contribution >= 0.6 is 68.4 Å². The molecule has 11 heavy (non-hydrogen) atoms. The van der Waals surface area contributed by atoms with Crippen molar-refractivity contribution >= 4 is 74.1 Å². The van der Waals surface area contributed by atoms with Crippen LogP contribution in [0.4, 0.5) is 5.69 Å². The molecule has 0 aromatic heterocycles. The van der Waals surface area contributed by atoms with Crippen LogP contribution in [0.1, 0.15) is 0 Å². The summed E-state index contributed by atoms with van der Waals surface area (Å²) in [5.41, 5.74) is 6.18. The van der Waals surface area contributed by atoms with Gasteiger partial charge in [0.25, 0.3) is 0 Å². The van der Waals surface area contributed by atoms with Crippen molar-refractivity contribution in [2.24, 2.45) is 0 Å². The van der Waals surface area contributed by atoms with Crippen molar-refractivity contribution in [2.75, 3.05) is 5.73 Å². The average molecular weight is 414 g/mol. The van der Waals surface area contributed by atoms with Crippen molar-refractivity contribution in [3.8, 4) is 0 Å². The zero-order valence-corrected chi connectivity index (χ0v) is 11.0. The first-order valence-electron chi connectivity index (χ1n) is 2.62. The zero-order valence-electron chi connectivity index (χ0n) is 5.17. The Labute approximate surface area is 102 Å². The molecule has 1 nitrogen and oxygen atoms in total. The molecular weight excluding hydrogens is 411 g/mol. The molecule has 0 saturated heterocycles. The topological polar surface area (TPSA) is 26.0 Å². The Morgan fingerprint density at radius 2 is 1.64 bits per heavy atom. The maximum absolute atomic E-state index is 5.83. The minimum Gasteiger partial charge on any atom is -0.397 e.